The topological polar surface area (TPSA) is 70.2 Å². The summed E-state index contributed by atoms with van der Waals surface area (Å²) in [5.41, 5.74) is 1.52. The summed E-state index contributed by atoms with van der Waals surface area (Å²) in [6.07, 6.45) is 2.04. The zero-order chi connectivity index (χ0) is 16.8. The van der Waals surface area contributed by atoms with E-state index < -0.39 is 6.04 Å². The molecule has 24 heavy (non-hydrogen) atoms. The quantitative estimate of drug-likeness (QED) is 0.758. The van der Waals surface area contributed by atoms with Gasteiger partial charge >= 0.3 is 0 Å². The summed E-state index contributed by atoms with van der Waals surface area (Å²) < 4.78 is 0. The van der Waals surface area contributed by atoms with Crippen LogP contribution in [0.25, 0.3) is 0 Å². The molecular weight excluding hydrogens is 326 g/mol. The van der Waals surface area contributed by atoms with Crippen molar-refractivity contribution in [2.24, 2.45) is 5.92 Å². The summed E-state index contributed by atoms with van der Waals surface area (Å²) in [7, 11) is 0. The van der Waals surface area contributed by atoms with Crippen molar-refractivity contribution < 1.29 is 9.59 Å². The van der Waals surface area contributed by atoms with Crippen LogP contribution in [0.3, 0.4) is 0 Å². The lowest BCUT2D eigenvalue weighted by Gasteiger charge is -2.28. The number of hydrogen-bond acceptors (Lipinski definition) is 3. The Balaban J connectivity index is 0.00000288. The highest BCUT2D eigenvalue weighted by Crippen LogP contribution is 2.10. The van der Waals surface area contributed by atoms with Crippen LogP contribution in [-0.2, 0) is 4.79 Å². The van der Waals surface area contributed by atoms with Crippen molar-refractivity contribution in [3.8, 4) is 0 Å². The minimum Gasteiger partial charge on any atom is -0.350 e. The first kappa shape index (κ1) is 20.5. The Hall–Kier alpha value is -1.59. The second-order valence-electron chi connectivity index (χ2n) is 6.56. The number of amides is 2. The summed E-state index contributed by atoms with van der Waals surface area (Å²) >= 11 is 0. The molecule has 0 spiro atoms. The van der Waals surface area contributed by atoms with Crippen LogP contribution >= 0.6 is 12.4 Å². The molecule has 2 rings (SSSR count). The van der Waals surface area contributed by atoms with Crippen LogP contribution in [0, 0.1) is 12.8 Å². The Bertz CT molecular complexity index is 557. The molecule has 0 aromatic heterocycles. The van der Waals surface area contributed by atoms with Gasteiger partial charge in [-0.05, 0) is 43.9 Å². The second kappa shape index (κ2) is 9.64. The van der Waals surface area contributed by atoms with E-state index in [4.69, 9.17) is 0 Å². The lowest BCUT2D eigenvalue weighted by atomic mass is 10.0. The Morgan fingerprint density at radius 2 is 1.96 bits per heavy atom. The van der Waals surface area contributed by atoms with Crippen LogP contribution < -0.4 is 16.0 Å². The highest BCUT2D eigenvalue weighted by atomic mass is 35.5. The van der Waals surface area contributed by atoms with Crippen molar-refractivity contribution in [2.45, 2.75) is 45.7 Å². The Kier molecular flexibility index (Phi) is 8.22. The molecule has 5 nitrogen and oxygen atoms in total. The van der Waals surface area contributed by atoms with E-state index >= 15 is 0 Å². The van der Waals surface area contributed by atoms with Gasteiger partial charge in [-0.2, -0.15) is 0 Å². The van der Waals surface area contributed by atoms with Gasteiger partial charge in [-0.3, -0.25) is 9.59 Å². The van der Waals surface area contributed by atoms with Gasteiger partial charge in [-0.15, -0.1) is 12.4 Å². The van der Waals surface area contributed by atoms with Crippen molar-refractivity contribution in [3.05, 3.63) is 35.4 Å². The van der Waals surface area contributed by atoms with Crippen LogP contribution in [0.5, 0.6) is 0 Å². The largest absolute Gasteiger partial charge is 0.350 e. The van der Waals surface area contributed by atoms with E-state index in [1.165, 1.54) is 0 Å². The molecule has 0 saturated carbocycles. The molecule has 1 unspecified atom stereocenters. The van der Waals surface area contributed by atoms with Gasteiger partial charge in [0.25, 0.3) is 5.91 Å². The average Bonchev–Trinajstić information content (AvgIpc) is 2.53. The molecule has 1 heterocycles. The van der Waals surface area contributed by atoms with E-state index in [9.17, 15) is 9.59 Å². The van der Waals surface area contributed by atoms with Gasteiger partial charge < -0.3 is 16.0 Å². The maximum atomic E-state index is 12.6. The summed E-state index contributed by atoms with van der Waals surface area (Å²) in [6.45, 7) is 7.59. The summed E-state index contributed by atoms with van der Waals surface area (Å²) in [4.78, 5) is 25.0. The van der Waals surface area contributed by atoms with E-state index in [0.29, 0.717) is 5.56 Å². The van der Waals surface area contributed by atoms with Crippen LogP contribution in [0.1, 0.15) is 42.6 Å². The molecule has 1 aromatic rings. The third-order valence-electron chi connectivity index (χ3n) is 4.27. The number of nitrogens with one attached hydrogen (secondary N) is 3. The van der Waals surface area contributed by atoms with Crippen molar-refractivity contribution in [2.75, 3.05) is 13.1 Å². The van der Waals surface area contributed by atoms with E-state index in [2.05, 4.69) is 16.0 Å². The Morgan fingerprint density at radius 1 is 1.25 bits per heavy atom. The Morgan fingerprint density at radius 3 is 2.54 bits per heavy atom. The molecule has 1 fully saturated rings. The van der Waals surface area contributed by atoms with Crippen LogP contribution in [0.2, 0.25) is 0 Å². The van der Waals surface area contributed by atoms with E-state index in [1.54, 1.807) is 6.07 Å². The zero-order valence-corrected chi connectivity index (χ0v) is 15.4. The average molecular weight is 354 g/mol. The van der Waals surface area contributed by atoms with Crippen LogP contribution in [0.4, 0.5) is 0 Å². The van der Waals surface area contributed by atoms with Crippen molar-refractivity contribution in [1.82, 2.24) is 16.0 Å². The first-order valence-electron chi connectivity index (χ1n) is 8.36. The lowest BCUT2D eigenvalue weighted by Crippen LogP contribution is -2.54. The molecule has 1 aliphatic rings. The summed E-state index contributed by atoms with van der Waals surface area (Å²) in [6, 6.07) is 7.03. The summed E-state index contributed by atoms with van der Waals surface area (Å²) in [5.74, 6) is -0.270. The maximum Gasteiger partial charge on any atom is 0.252 e. The number of hydrogen-bond donors (Lipinski definition) is 3. The molecule has 134 valence electrons. The maximum absolute atomic E-state index is 12.6. The van der Waals surface area contributed by atoms with Crippen molar-refractivity contribution in [1.29, 1.82) is 0 Å². The lowest BCUT2D eigenvalue weighted by molar-refractivity contribution is -0.124. The molecule has 0 aliphatic carbocycles. The normalized spacial score (nSPS) is 18.4. The zero-order valence-electron chi connectivity index (χ0n) is 14.6. The highest BCUT2D eigenvalue weighted by Gasteiger charge is 2.27. The molecule has 1 saturated heterocycles. The monoisotopic (exact) mass is 353 g/mol. The van der Waals surface area contributed by atoms with Crippen LogP contribution in [-0.4, -0.2) is 37.0 Å². The fraction of sp³-hybridized carbons (Fsp3) is 0.556. The van der Waals surface area contributed by atoms with Gasteiger partial charge in [0.05, 0.1) is 0 Å². The third kappa shape index (κ3) is 5.49. The molecular formula is C18H28ClN3O2. The molecule has 6 heteroatoms. The van der Waals surface area contributed by atoms with Gasteiger partial charge in [0.15, 0.2) is 0 Å². The van der Waals surface area contributed by atoms with Gasteiger partial charge in [0.2, 0.25) is 5.91 Å². The van der Waals surface area contributed by atoms with E-state index in [0.717, 1.165) is 31.5 Å². The SMILES string of the molecule is Cc1ccccc1C(=O)NC(C(=O)N[C@H]1CCCNC1)C(C)C.Cl. The van der Waals surface area contributed by atoms with Gasteiger partial charge in [0.1, 0.15) is 6.04 Å². The van der Waals surface area contributed by atoms with Gasteiger partial charge in [0, 0.05) is 18.2 Å². The highest BCUT2D eigenvalue weighted by molar-refractivity contribution is 5.98. The fourth-order valence-corrected chi connectivity index (χ4v) is 2.85. The molecule has 2 atom stereocenters. The van der Waals surface area contributed by atoms with Crippen molar-refractivity contribution in [3.63, 3.8) is 0 Å². The van der Waals surface area contributed by atoms with E-state index in [-0.39, 0.29) is 36.2 Å². The number of carbonyl (C=O) groups is 2. The van der Waals surface area contributed by atoms with Crippen molar-refractivity contribution >= 4 is 24.2 Å². The fourth-order valence-electron chi connectivity index (χ4n) is 2.85. The first-order chi connectivity index (χ1) is 11.0. The number of rotatable bonds is 5. The molecule has 1 aromatic carbocycles. The minimum absolute atomic E-state index is 0. The summed E-state index contributed by atoms with van der Waals surface area (Å²) in [5, 5.41) is 9.23. The number of benzene rings is 1. The Labute approximate surface area is 150 Å². The molecule has 1 aliphatic heterocycles. The molecule has 2 amide bonds. The number of carbonyl (C=O) groups excluding carboxylic acids is 2. The molecule has 0 bridgehead atoms. The number of halogens is 1. The van der Waals surface area contributed by atoms with Gasteiger partial charge in [-0.25, -0.2) is 0 Å². The van der Waals surface area contributed by atoms with Crippen LogP contribution in [0.15, 0.2) is 24.3 Å². The standard InChI is InChI=1S/C18H27N3O2.ClH/c1-12(2)16(18(23)20-14-8-6-10-19-11-14)21-17(22)15-9-5-4-7-13(15)3;/h4-5,7,9,12,14,16,19H,6,8,10-11H2,1-3H3,(H,20,23)(H,21,22);1H/t14-,16?;/m0./s1. The predicted molar refractivity (Wildman–Crippen MR) is 98.6 cm³/mol. The first-order valence-corrected chi connectivity index (χ1v) is 8.36. The van der Waals surface area contributed by atoms with E-state index in [1.807, 2.05) is 39.0 Å². The predicted octanol–water partition coefficient (Wildman–Crippen LogP) is 2.04. The third-order valence-corrected chi connectivity index (χ3v) is 4.27. The minimum atomic E-state index is -0.524. The second-order valence-corrected chi connectivity index (χ2v) is 6.56. The number of piperidine rings is 1. The van der Waals surface area contributed by atoms with Gasteiger partial charge in [-0.1, -0.05) is 32.0 Å². The number of aryl methyl sites for hydroxylation is 1. The smallest absolute Gasteiger partial charge is 0.252 e. The molecule has 3 N–H and O–H groups in total. The molecule has 0 radical (unpaired) electrons.